The molecule has 0 radical (unpaired) electrons. The number of nitrogens with one attached hydrogen (secondary N) is 1. The Morgan fingerprint density at radius 2 is 2.00 bits per heavy atom. The van der Waals surface area contributed by atoms with Crippen LogP contribution in [0.15, 0.2) is 30.3 Å². The number of hydrogen-bond acceptors (Lipinski definition) is 6. The Kier molecular flexibility index (Phi) is 5.87. The average Bonchev–Trinajstić information content (AvgIpc) is 2.83. The first-order valence-corrected chi connectivity index (χ1v) is 7.10. The van der Waals surface area contributed by atoms with Crippen molar-refractivity contribution >= 4 is 5.91 Å². The van der Waals surface area contributed by atoms with Gasteiger partial charge in [-0.1, -0.05) is 18.2 Å². The normalized spacial score (nSPS) is 29.3. The predicted molar refractivity (Wildman–Crippen MR) is 77.1 cm³/mol. The van der Waals surface area contributed by atoms with Gasteiger partial charge < -0.3 is 30.1 Å². The van der Waals surface area contributed by atoms with Crippen LogP contribution in [0.1, 0.15) is 16.8 Å². The number of ether oxygens (including phenoxy) is 2. The maximum Gasteiger partial charge on any atom is 0.251 e. The van der Waals surface area contributed by atoms with Crippen LogP contribution < -0.4 is 5.32 Å². The highest BCUT2D eigenvalue weighted by Crippen LogP contribution is 2.25. The number of carbonyl (C=O) groups excluding carboxylic acids is 1. The molecule has 1 unspecified atom stereocenters. The fraction of sp³-hybridized carbons (Fsp3) is 0.533. The highest BCUT2D eigenvalue weighted by atomic mass is 16.7. The molecule has 1 saturated heterocycles. The molecule has 22 heavy (non-hydrogen) atoms. The summed E-state index contributed by atoms with van der Waals surface area (Å²) in [6.45, 7) is 0.217. The molecule has 7 heteroatoms. The summed E-state index contributed by atoms with van der Waals surface area (Å²) < 4.78 is 10.1. The van der Waals surface area contributed by atoms with E-state index in [0.29, 0.717) is 5.56 Å². The fourth-order valence-corrected chi connectivity index (χ4v) is 2.37. The van der Waals surface area contributed by atoms with Crippen LogP contribution in [0.2, 0.25) is 0 Å². The molecule has 1 fully saturated rings. The molecule has 1 aromatic rings. The number of carbonyl (C=O) groups is 1. The number of aliphatic hydroxyl groups is 3. The molecule has 0 aliphatic carbocycles. The summed E-state index contributed by atoms with van der Waals surface area (Å²) in [5, 5.41) is 32.2. The smallest absolute Gasteiger partial charge is 0.251 e. The van der Waals surface area contributed by atoms with Gasteiger partial charge in [0.15, 0.2) is 6.29 Å². The molecule has 0 saturated carbocycles. The quantitative estimate of drug-likeness (QED) is 0.551. The standard InChI is InChI=1S/C15H21NO6/c1-21-15-12(19)11(18)13(22-15)10(17)7-8-16-14(20)9-5-3-2-4-6-9/h2-6,10-13,15,17-19H,7-8H2,1H3,(H,16,20)/t10-,11-,12-,13+,15?/m1/s1. The van der Waals surface area contributed by atoms with Gasteiger partial charge in [0, 0.05) is 19.2 Å². The summed E-state index contributed by atoms with van der Waals surface area (Å²) in [6.07, 6.45) is -5.19. The highest BCUT2D eigenvalue weighted by Gasteiger charge is 2.45. The van der Waals surface area contributed by atoms with Crippen molar-refractivity contribution in [3.8, 4) is 0 Å². The zero-order chi connectivity index (χ0) is 16.1. The molecule has 1 aromatic carbocycles. The summed E-state index contributed by atoms with van der Waals surface area (Å²) in [5.41, 5.74) is 0.531. The van der Waals surface area contributed by atoms with Crippen molar-refractivity contribution in [2.45, 2.75) is 37.1 Å². The Morgan fingerprint density at radius 1 is 1.32 bits per heavy atom. The first kappa shape index (κ1) is 16.9. The van der Waals surface area contributed by atoms with Crippen molar-refractivity contribution in [3.05, 3.63) is 35.9 Å². The lowest BCUT2D eigenvalue weighted by atomic mass is 10.0. The third kappa shape index (κ3) is 3.82. The van der Waals surface area contributed by atoms with Gasteiger partial charge in [0.1, 0.15) is 18.3 Å². The number of methoxy groups -OCH3 is 1. The Labute approximate surface area is 128 Å². The molecule has 4 N–H and O–H groups in total. The zero-order valence-electron chi connectivity index (χ0n) is 12.3. The number of amides is 1. The van der Waals surface area contributed by atoms with Gasteiger partial charge in [-0.25, -0.2) is 0 Å². The van der Waals surface area contributed by atoms with E-state index in [2.05, 4.69) is 5.32 Å². The van der Waals surface area contributed by atoms with E-state index in [1.54, 1.807) is 24.3 Å². The van der Waals surface area contributed by atoms with E-state index in [4.69, 9.17) is 9.47 Å². The SMILES string of the molecule is COC1O[C@@H]([C@H](O)CCNC(=O)c2ccccc2)[C@H](O)[C@H]1O. The lowest BCUT2D eigenvalue weighted by Gasteiger charge is -2.20. The van der Waals surface area contributed by atoms with Crippen molar-refractivity contribution in [2.75, 3.05) is 13.7 Å². The minimum atomic E-state index is -1.23. The van der Waals surface area contributed by atoms with Gasteiger partial charge in [0.2, 0.25) is 0 Å². The number of rotatable bonds is 6. The minimum absolute atomic E-state index is 0.184. The van der Waals surface area contributed by atoms with Crippen molar-refractivity contribution in [1.82, 2.24) is 5.32 Å². The van der Waals surface area contributed by atoms with E-state index in [-0.39, 0.29) is 18.9 Å². The second kappa shape index (κ2) is 7.66. The van der Waals surface area contributed by atoms with Crippen molar-refractivity contribution in [3.63, 3.8) is 0 Å². The minimum Gasteiger partial charge on any atom is -0.390 e. The maximum atomic E-state index is 11.8. The van der Waals surface area contributed by atoms with E-state index < -0.39 is 30.7 Å². The zero-order valence-corrected chi connectivity index (χ0v) is 12.3. The van der Waals surface area contributed by atoms with E-state index >= 15 is 0 Å². The largest absolute Gasteiger partial charge is 0.390 e. The molecule has 1 heterocycles. The molecule has 122 valence electrons. The van der Waals surface area contributed by atoms with E-state index in [1.165, 1.54) is 7.11 Å². The van der Waals surface area contributed by atoms with E-state index in [0.717, 1.165) is 0 Å². The third-order valence-electron chi connectivity index (χ3n) is 3.63. The van der Waals surface area contributed by atoms with Crippen LogP contribution in [-0.2, 0) is 9.47 Å². The highest BCUT2D eigenvalue weighted by molar-refractivity contribution is 5.94. The number of benzene rings is 1. The summed E-state index contributed by atoms with van der Waals surface area (Å²) in [4.78, 5) is 11.8. The molecule has 1 aliphatic heterocycles. The Morgan fingerprint density at radius 3 is 2.59 bits per heavy atom. The fourth-order valence-electron chi connectivity index (χ4n) is 2.37. The van der Waals surface area contributed by atoms with Crippen LogP contribution in [-0.4, -0.2) is 65.6 Å². The van der Waals surface area contributed by atoms with Crippen LogP contribution in [0.25, 0.3) is 0 Å². The monoisotopic (exact) mass is 311 g/mol. The van der Waals surface area contributed by atoms with Gasteiger partial charge in [-0.3, -0.25) is 4.79 Å². The van der Waals surface area contributed by atoms with Crippen LogP contribution in [0.5, 0.6) is 0 Å². The van der Waals surface area contributed by atoms with Gasteiger partial charge >= 0.3 is 0 Å². The number of aliphatic hydroxyl groups excluding tert-OH is 3. The van der Waals surface area contributed by atoms with E-state index in [1.807, 2.05) is 6.07 Å². The molecule has 2 rings (SSSR count). The molecular weight excluding hydrogens is 290 g/mol. The molecule has 0 aromatic heterocycles. The van der Waals surface area contributed by atoms with Crippen LogP contribution in [0.4, 0.5) is 0 Å². The van der Waals surface area contributed by atoms with Crippen molar-refractivity contribution in [1.29, 1.82) is 0 Å². The topological polar surface area (TPSA) is 108 Å². The average molecular weight is 311 g/mol. The Bertz CT molecular complexity index is 482. The summed E-state index contributed by atoms with van der Waals surface area (Å²) in [7, 11) is 1.34. The number of hydrogen-bond donors (Lipinski definition) is 4. The summed E-state index contributed by atoms with van der Waals surface area (Å²) in [5.74, 6) is -0.240. The second-order valence-electron chi connectivity index (χ2n) is 5.16. The summed E-state index contributed by atoms with van der Waals surface area (Å²) >= 11 is 0. The van der Waals surface area contributed by atoms with Crippen molar-refractivity contribution in [2.24, 2.45) is 0 Å². The van der Waals surface area contributed by atoms with E-state index in [9.17, 15) is 20.1 Å². The lowest BCUT2D eigenvalue weighted by molar-refractivity contribution is -0.163. The first-order valence-electron chi connectivity index (χ1n) is 7.10. The van der Waals surface area contributed by atoms with Gasteiger partial charge in [0.05, 0.1) is 6.10 Å². The maximum absolute atomic E-state index is 11.8. The first-order chi connectivity index (χ1) is 10.5. The summed E-state index contributed by atoms with van der Waals surface area (Å²) in [6, 6.07) is 8.72. The molecule has 0 spiro atoms. The predicted octanol–water partition coefficient (Wildman–Crippen LogP) is -0.740. The van der Waals surface area contributed by atoms with Gasteiger partial charge in [-0.2, -0.15) is 0 Å². The molecular formula is C15H21NO6. The van der Waals surface area contributed by atoms with Crippen molar-refractivity contribution < 1.29 is 29.6 Å². The Hall–Kier alpha value is -1.51. The van der Waals surface area contributed by atoms with Crippen LogP contribution in [0, 0.1) is 0 Å². The molecule has 5 atom stereocenters. The second-order valence-corrected chi connectivity index (χ2v) is 5.16. The molecule has 7 nitrogen and oxygen atoms in total. The van der Waals surface area contributed by atoms with Crippen LogP contribution in [0.3, 0.4) is 0 Å². The third-order valence-corrected chi connectivity index (χ3v) is 3.63. The molecule has 1 aliphatic rings. The van der Waals surface area contributed by atoms with Gasteiger partial charge in [-0.05, 0) is 18.6 Å². The molecule has 0 bridgehead atoms. The van der Waals surface area contributed by atoms with Gasteiger partial charge in [-0.15, -0.1) is 0 Å². The lowest BCUT2D eigenvalue weighted by Crippen LogP contribution is -2.40. The Balaban J connectivity index is 1.79. The van der Waals surface area contributed by atoms with Crippen LogP contribution >= 0.6 is 0 Å². The molecule has 1 amide bonds. The van der Waals surface area contributed by atoms with Gasteiger partial charge in [0.25, 0.3) is 5.91 Å².